The number of halogens is 3. The molecule has 0 radical (unpaired) electrons. The van der Waals surface area contributed by atoms with Crippen molar-refractivity contribution in [3.05, 3.63) is 0 Å². The number of nitrogens with zero attached hydrogens (tertiary/aromatic N) is 2. The lowest BCUT2D eigenvalue weighted by atomic mass is 9.96. The zero-order valence-corrected chi connectivity index (χ0v) is 10.7. The molecule has 0 atom stereocenters. The number of amidine groups is 1. The highest BCUT2D eigenvalue weighted by atomic mass is 35.6. The quantitative estimate of drug-likeness (QED) is 0.732. The summed E-state index contributed by atoms with van der Waals surface area (Å²) in [6.45, 7) is 7.77. The summed E-state index contributed by atoms with van der Waals surface area (Å²) in [4.78, 5) is 1.94. The van der Waals surface area contributed by atoms with Crippen molar-refractivity contribution in [2.45, 2.75) is 24.6 Å². The van der Waals surface area contributed by atoms with E-state index in [1.165, 1.54) is 0 Å². The molecule has 0 amide bonds. The number of alkyl halides is 3. The van der Waals surface area contributed by atoms with Gasteiger partial charge in [-0.3, -0.25) is 5.43 Å². The van der Waals surface area contributed by atoms with Crippen LogP contribution >= 0.6 is 34.8 Å². The van der Waals surface area contributed by atoms with Crippen LogP contribution in [-0.4, -0.2) is 27.7 Å². The highest BCUT2D eigenvalue weighted by molar-refractivity contribution is 6.76. The lowest BCUT2D eigenvalue weighted by molar-refractivity contribution is 0.277. The number of hydrogen-bond donors (Lipinski definition) is 1. The van der Waals surface area contributed by atoms with Crippen LogP contribution < -0.4 is 5.43 Å². The molecule has 82 valence electrons. The standard InChI is InChI=1S/C8H14Cl3N3/c1-7(2,3)4-14-5-12-13-6(14)8(9,10)11/h12H,4-5H2,1-3H3. The molecule has 0 aromatic rings. The monoisotopic (exact) mass is 257 g/mol. The molecule has 0 aromatic heterocycles. The van der Waals surface area contributed by atoms with Gasteiger partial charge in [-0.2, -0.15) is 5.10 Å². The molecule has 0 aromatic carbocycles. The van der Waals surface area contributed by atoms with Crippen LogP contribution in [0, 0.1) is 5.41 Å². The van der Waals surface area contributed by atoms with Crippen LogP contribution in [0.2, 0.25) is 0 Å². The van der Waals surface area contributed by atoms with E-state index in [9.17, 15) is 0 Å². The van der Waals surface area contributed by atoms with Gasteiger partial charge >= 0.3 is 0 Å². The largest absolute Gasteiger partial charge is 0.336 e. The van der Waals surface area contributed by atoms with Crippen molar-refractivity contribution < 1.29 is 0 Å². The molecule has 1 heterocycles. The zero-order chi connectivity index (χ0) is 11.0. The summed E-state index contributed by atoms with van der Waals surface area (Å²) in [5.74, 6) is 0.470. The molecule has 3 nitrogen and oxygen atoms in total. The third-order valence-corrected chi connectivity index (χ3v) is 2.17. The summed E-state index contributed by atoms with van der Waals surface area (Å²) < 4.78 is -1.45. The van der Waals surface area contributed by atoms with Crippen molar-refractivity contribution in [1.29, 1.82) is 0 Å². The molecule has 1 aliphatic rings. The van der Waals surface area contributed by atoms with Gasteiger partial charge in [-0.15, -0.1) is 0 Å². The Morgan fingerprint density at radius 2 is 1.93 bits per heavy atom. The highest BCUT2D eigenvalue weighted by Gasteiger charge is 2.36. The molecule has 0 bridgehead atoms. The maximum absolute atomic E-state index is 5.78. The third-order valence-electron chi connectivity index (χ3n) is 1.66. The first kappa shape index (κ1) is 12.2. The van der Waals surface area contributed by atoms with Crippen LogP contribution in [0.4, 0.5) is 0 Å². The molecule has 1 N–H and O–H groups in total. The van der Waals surface area contributed by atoms with Gasteiger partial charge in [0, 0.05) is 6.54 Å². The van der Waals surface area contributed by atoms with Crippen LogP contribution in [0.1, 0.15) is 20.8 Å². The second-order valence-electron chi connectivity index (χ2n) is 4.51. The Kier molecular flexibility index (Phi) is 3.45. The van der Waals surface area contributed by atoms with Gasteiger partial charge in [0.05, 0.1) is 0 Å². The van der Waals surface area contributed by atoms with E-state index >= 15 is 0 Å². The van der Waals surface area contributed by atoms with Gasteiger partial charge in [0.25, 0.3) is 0 Å². The summed E-state index contributed by atoms with van der Waals surface area (Å²) in [6.07, 6.45) is 0. The second kappa shape index (κ2) is 3.95. The Morgan fingerprint density at radius 3 is 2.36 bits per heavy atom. The summed E-state index contributed by atoms with van der Waals surface area (Å²) >= 11 is 17.3. The van der Waals surface area contributed by atoms with E-state index in [0.717, 1.165) is 6.54 Å². The fraction of sp³-hybridized carbons (Fsp3) is 0.875. The van der Waals surface area contributed by atoms with Crippen LogP contribution in [0.3, 0.4) is 0 Å². The first-order valence-corrected chi connectivity index (χ1v) is 5.46. The summed E-state index contributed by atoms with van der Waals surface area (Å²) in [6, 6.07) is 0. The predicted octanol–water partition coefficient (Wildman–Crippen LogP) is 2.58. The molecule has 0 saturated heterocycles. The summed E-state index contributed by atoms with van der Waals surface area (Å²) in [7, 11) is 0. The van der Waals surface area contributed by atoms with E-state index in [1.54, 1.807) is 0 Å². The van der Waals surface area contributed by atoms with E-state index in [2.05, 4.69) is 31.3 Å². The minimum absolute atomic E-state index is 0.142. The fourth-order valence-electron chi connectivity index (χ4n) is 1.29. The lowest BCUT2D eigenvalue weighted by Gasteiger charge is -2.29. The molecule has 14 heavy (non-hydrogen) atoms. The predicted molar refractivity (Wildman–Crippen MR) is 61.9 cm³/mol. The lowest BCUT2D eigenvalue weighted by Crippen LogP contribution is -2.41. The van der Waals surface area contributed by atoms with E-state index in [-0.39, 0.29) is 5.41 Å². The van der Waals surface area contributed by atoms with E-state index in [1.807, 2.05) is 4.90 Å². The molecule has 0 fully saturated rings. The first-order chi connectivity index (χ1) is 6.20. The van der Waals surface area contributed by atoms with Gasteiger partial charge in [0.15, 0.2) is 5.84 Å². The fourth-order valence-corrected chi connectivity index (χ4v) is 1.77. The van der Waals surface area contributed by atoms with Crippen molar-refractivity contribution in [2.75, 3.05) is 13.2 Å². The number of hydrazone groups is 1. The van der Waals surface area contributed by atoms with Crippen LogP contribution in [0.25, 0.3) is 0 Å². The van der Waals surface area contributed by atoms with Gasteiger partial charge in [0.2, 0.25) is 3.79 Å². The smallest absolute Gasteiger partial charge is 0.249 e. The van der Waals surface area contributed by atoms with Gasteiger partial charge in [-0.1, -0.05) is 55.6 Å². The SMILES string of the molecule is CC(C)(C)CN1CNN=C1C(Cl)(Cl)Cl. The Labute approximate surface area is 99.4 Å². The molecule has 1 rings (SSSR count). The van der Waals surface area contributed by atoms with Crippen LogP contribution in [-0.2, 0) is 0 Å². The van der Waals surface area contributed by atoms with Crippen molar-refractivity contribution in [3.63, 3.8) is 0 Å². The minimum Gasteiger partial charge on any atom is -0.336 e. The Bertz CT molecular complexity index is 239. The molecule has 0 aliphatic carbocycles. The summed E-state index contributed by atoms with van der Waals surface area (Å²) in [5, 5.41) is 3.97. The molecule has 6 heteroatoms. The minimum atomic E-state index is -1.45. The van der Waals surface area contributed by atoms with Crippen molar-refractivity contribution in [1.82, 2.24) is 10.3 Å². The average Bonchev–Trinajstić information content (AvgIpc) is 2.29. The summed E-state index contributed by atoms with van der Waals surface area (Å²) in [5.41, 5.74) is 2.95. The van der Waals surface area contributed by atoms with Crippen molar-refractivity contribution >= 4 is 40.6 Å². The topological polar surface area (TPSA) is 27.6 Å². The van der Waals surface area contributed by atoms with Crippen molar-refractivity contribution in [3.8, 4) is 0 Å². The second-order valence-corrected chi connectivity index (χ2v) is 6.79. The van der Waals surface area contributed by atoms with E-state index in [0.29, 0.717) is 12.5 Å². The molecular weight excluding hydrogens is 244 g/mol. The first-order valence-electron chi connectivity index (χ1n) is 4.33. The van der Waals surface area contributed by atoms with E-state index in [4.69, 9.17) is 34.8 Å². The average molecular weight is 259 g/mol. The van der Waals surface area contributed by atoms with Gasteiger partial charge in [-0.05, 0) is 5.41 Å². The number of hydrogen-bond acceptors (Lipinski definition) is 3. The molecule has 0 unspecified atom stereocenters. The molecule has 1 aliphatic heterocycles. The van der Waals surface area contributed by atoms with Crippen molar-refractivity contribution in [2.24, 2.45) is 10.5 Å². The van der Waals surface area contributed by atoms with Gasteiger partial charge < -0.3 is 4.90 Å². The molecular formula is C8H14Cl3N3. The number of rotatable bonds is 1. The van der Waals surface area contributed by atoms with Gasteiger partial charge in [0.1, 0.15) is 6.67 Å². The molecule has 0 spiro atoms. The third kappa shape index (κ3) is 3.37. The van der Waals surface area contributed by atoms with Gasteiger partial charge in [-0.25, -0.2) is 0 Å². The van der Waals surface area contributed by atoms with Crippen LogP contribution in [0.5, 0.6) is 0 Å². The maximum Gasteiger partial charge on any atom is 0.249 e. The Hall–Kier alpha value is 0.140. The van der Waals surface area contributed by atoms with Crippen LogP contribution in [0.15, 0.2) is 5.10 Å². The Morgan fingerprint density at radius 1 is 1.36 bits per heavy atom. The number of nitrogens with one attached hydrogen (secondary N) is 1. The van der Waals surface area contributed by atoms with E-state index < -0.39 is 3.79 Å². The maximum atomic E-state index is 5.78. The Balaban J connectivity index is 2.69. The highest BCUT2D eigenvalue weighted by Crippen LogP contribution is 2.31. The normalized spacial score (nSPS) is 18.1. The molecule has 0 saturated carbocycles. The zero-order valence-electron chi connectivity index (χ0n) is 8.44.